The quantitative estimate of drug-likeness (QED) is 0.349. The lowest BCUT2D eigenvalue weighted by molar-refractivity contribution is -0.136. The number of nitrogens with one attached hydrogen (secondary N) is 3. The van der Waals surface area contributed by atoms with Crippen molar-refractivity contribution in [2.45, 2.75) is 78.8 Å². The van der Waals surface area contributed by atoms with Gasteiger partial charge in [0.2, 0.25) is 23.6 Å². The van der Waals surface area contributed by atoms with E-state index in [1.54, 1.807) is 20.8 Å². The van der Waals surface area contributed by atoms with Gasteiger partial charge in [0.05, 0.1) is 12.7 Å². The highest BCUT2D eigenvalue weighted by molar-refractivity contribution is 5.94. The van der Waals surface area contributed by atoms with E-state index in [1.165, 1.54) is 6.92 Å². The summed E-state index contributed by atoms with van der Waals surface area (Å²) >= 11 is 0. The van der Waals surface area contributed by atoms with E-state index < -0.39 is 47.9 Å². The van der Waals surface area contributed by atoms with Crippen molar-refractivity contribution in [3.8, 4) is 0 Å². The molecule has 4 atom stereocenters. The molecule has 33 heavy (non-hydrogen) atoms. The summed E-state index contributed by atoms with van der Waals surface area (Å²) in [6.45, 7) is 10.6. The zero-order chi connectivity index (χ0) is 25.1. The number of ether oxygens (including phenoxy) is 1. The Hall–Kier alpha value is -2.94. The first-order valence-electron chi connectivity index (χ1n) is 11.2. The van der Waals surface area contributed by atoms with Crippen LogP contribution >= 0.6 is 0 Å². The fourth-order valence-corrected chi connectivity index (χ4v) is 3.27. The molecule has 0 radical (unpaired) electrons. The van der Waals surface area contributed by atoms with E-state index >= 15 is 0 Å². The van der Waals surface area contributed by atoms with Crippen LogP contribution in [0.2, 0.25) is 0 Å². The second-order valence-electron chi connectivity index (χ2n) is 9.00. The Morgan fingerprint density at radius 2 is 1.45 bits per heavy atom. The fraction of sp³-hybridized carbons (Fsp3) is 0.583. The van der Waals surface area contributed by atoms with Crippen molar-refractivity contribution >= 4 is 23.6 Å². The van der Waals surface area contributed by atoms with Crippen molar-refractivity contribution in [2.75, 3.05) is 0 Å². The van der Waals surface area contributed by atoms with Gasteiger partial charge in [-0.3, -0.25) is 19.2 Å². The van der Waals surface area contributed by atoms with Gasteiger partial charge in [0.25, 0.3) is 0 Å². The number of carbonyl (C=O) groups is 4. The van der Waals surface area contributed by atoms with E-state index in [0.717, 1.165) is 5.56 Å². The van der Waals surface area contributed by atoms with Crippen LogP contribution in [0.5, 0.6) is 0 Å². The molecule has 0 spiro atoms. The third-order valence-electron chi connectivity index (χ3n) is 5.08. The molecule has 1 aromatic carbocycles. The molecule has 5 N–H and O–H groups in total. The summed E-state index contributed by atoms with van der Waals surface area (Å²) in [5.41, 5.74) is 6.35. The summed E-state index contributed by atoms with van der Waals surface area (Å²) in [6, 6.07) is 6.66. The van der Waals surface area contributed by atoms with Gasteiger partial charge in [-0.1, -0.05) is 58.0 Å². The maximum atomic E-state index is 13.1. The molecule has 1 rings (SSSR count). The average molecular weight is 463 g/mol. The number of rotatable bonds is 13. The highest BCUT2D eigenvalue weighted by Crippen LogP contribution is 2.10. The van der Waals surface area contributed by atoms with Gasteiger partial charge in [0.15, 0.2) is 0 Å². The van der Waals surface area contributed by atoms with Crippen LogP contribution in [0.25, 0.3) is 0 Å². The molecule has 0 saturated carbocycles. The summed E-state index contributed by atoms with van der Waals surface area (Å²) in [7, 11) is 0. The number of nitrogens with two attached hydrogens (primary N) is 1. The van der Waals surface area contributed by atoms with Gasteiger partial charge < -0.3 is 26.4 Å². The molecule has 1 aromatic rings. The number of amides is 4. The van der Waals surface area contributed by atoms with Crippen molar-refractivity contribution < 1.29 is 23.9 Å². The fourth-order valence-electron chi connectivity index (χ4n) is 3.27. The summed E-state index contributed by atoms with van der Waals surface area (Å²) in [6.07, 6.45) is -0.275. The maximum absolute atomic E-state index is 13.1. The van der Waals surface area contributed by atoms with Gasteiger partial charge in [-0.15, -0.1) is 0 Å². The van der Waals surface area contributed by atoms with E-state index in [1.807, 2.05) is 44.2 Å². The topological polar surface area (TPSA) is 140 Å². The monoisotopic (exact) mass is 462 g/mol. The summed E-state index contributed by atoms with van der Waals surface area (Å²) < 4.78 is 5.82. The minimum atomic E-state index is -1.01. The zero-order valence-corrected chi connectivity index (χ0v) is 20.4. The first-order chi connectivity index (χ1) is 15.4. The SMILES string of the molecule is CC(=O)NC(C(=O)NC(C(=O)NC(CC(C)C)C(N)=O)C(C)C)C(C)OCc1ccccc1. The second kappa shape index (κ2) is 13.6. The number of benzene rings is 1. The lowest BCUT2D eigenvalue weighted by Gasteiger charge is -2.29. The van der Waals surface area contributed by atoms with E-state index in [4.69, 9.17) is 10.5 Å². The Balaban J connectivity index is 2.92. The van der Waals surface area contributed by atoms with Crippen molar-refractivity contribution in [3.63, 3.8) is 0 Å². The predicted octanol–water partition coefficient (Wildman–Crippen LogP) is 1.25. The van der Waals surface area contributed by atoms with Crippen molar-refractivity contribution in [2.24, 2.45) is 17.6 Å². The van der Waals surface area contributed by atoms with Crippen molar-refractivity contribution in [1.82, 2.24) is 16.0 Å². The van der Waals surface area contributed by atoms with E-state index in [2.05, 4.69) is 16.0 Å². The van der Waals surface area contributed by atoms with Crippen LogP contribution in [0.15, 0.2) is 30.3 Å². The van der Waals surface area contributed by atoms with Gasteiger partial charge in [-0.2, -0.15) is 0 Å². The molecule has 0 bridgehead atoms. The number of primary amides is 1. The molecule has 4 amide bonds. The normalized spacial score (nSPS) is 14.8. The maximum Gasteiger partial charge on any atom is 0.245 e. The van der Waals surface area contributed by atoms with Gasteiger partial charge >= 0.3 is 0 Å². The third kappa shape index (κ3) is 10.0. The van der Waals surface area contributed by atoms with Gasteiger partial charge in [-0.25, -0.2) is 0 Å². The highest BCUT2D eigenvalue weighted by Gasteiger charge is 2.33. The summed E-state index contributed by atoms with van der Waals surface area (Å²) in [5.74, 6) is -2.24. The van der Waals surface area contributed by atoms with Crippen molar-refractivity contribution in [3.05, 3.63) is 35.9 Å². The van der Waals surface area contributed by atoms with E-state index in [0.29, 0.717) is 6.42 Å². The van der Waals surface area contributed by atoms with Crippen LogP contribution in [0, 0.1) is 11.8 Å². The summed E-state index contributed by atoms with van der Waals surface area (Å²) in [5, 5.41) is 7.95. The van der Waals surface area contributed by atoms with Crippen LogP contribution < -0.4 is 21.7 Å². The van der Waals surface area contributed by atoms with Crippen molar-refractivity contribution in [1.29, 1.82) is 0 Å². The molecule has 0 heterocycles. The summed E-state index contributed by atoms with van der Waals surface area (Å²) in [4.78, 5) is 49.4. The standard InChI is InChI=1S/C24H38N4O5/c1-14(2)12-19(22(25)30)27-23(31)20(15(3)4)28-24(32)21(26-17(6)29)16(5)33-13-18-10-8-7-9-11-18/h7-11,14-16,19-21H,12-13H2,1-6H3,(H2,25,30)(H,26,29)(H,27,31)(H,28,32). The number of hydrogen-bond donors (Lipinski definition) is 4. The first kappa shape index (κ1) is 28.1. The van der Waals surface area contributed by atoms with Gasteiger partial charge in [-0.05, 0) is 30.7 Å². The minimum absolute atomic E-state index is 0.140. The van der Waals surface area contributed by atoms with Crippen LogP contribution in [0.3, 0.4) is 0 Å². The Labute approximate surface area is 196 Å². The molecule has 0 fully saturated rings. The Morgan fingerprint density at radius 1 is 0.879 bits per heavy atom. The molecule has 9 heteroatoms. The predicted molar refractivity (Wildman–Crippen MR) is 126 cm³/mol. The zero-order valence-electron chi connectivity index (χ0n) is 20.4. The van der Waals surface area contributed by atoms with E-state index in [9.17, 15) is 19.2 Å². The largest absolute Gasteiger partial charge is 0.371 e. The molecule has 0 saturated heterocycles. The molecular formula is C24H38N4O5. The first-order valence-corrected chi connectivity index (χ1v) is 11.2. The minimum Gasteiger partial charge on any atom is -0.371 e. The molecule has 0 aliphatic carbocycles. The molecule has 0 aliphatic heterocycles. The number of carbonyl (C=O) groups excluding carboxylic acids is 4. The molecule has 0 aromatic heterocycles. The van der Waals surface area contributed by atoms with Gasteiger partial charge in [0, 0.05) is 6.92 Å². The third-order valence-corrected chi connectivity index (χ3v) is 5.08. The van der Waals surface area contributed by atoms with E-state index in [-0.39, 0.29) is 18.4 Å². The molecule has 9 nitrogen and oxygen atoms in total. The molecule has 4 unspecified atom stereocenters. The van der Waals surface area contributed by atoms with Crippen LogP contribution in [0.1, 0.15) is 53.5 Å². The van der Waals surface area contributed by atoms with Crippen LogP contribution in [-0.4, -0.2) is 47.9 Å². The molecule has 184 valence electrons. The van der Waals surface area contributed by atoms with Crippen LogP contribution in [0.4, 0.5) is 0 Å². The van der Waals surface area contributed by atoms with Gasteiger partial charge in [0.1, 0.15) is 18.1 Å². The second-order valence-corrected chi connectivity index (χ2v) is 9.00. The molecular weight excluding hydrogens is 424 g/mol. The van der Waals surface area contributed by atoms with Crippen LogP contribution in [-0.2, 0) is 30.5 Å². The smallest absolute Gasteiger partial charge is 0.245 e. The lowest BCUT2D eigenvalue weighted by atomic mass is 9.99. The molecule has 0 aliphatic rings. The lowest BCUT2D eigenvalue weighted by Crippen LogP contribution is -2.60. The highest BCUT2D eigenvalue weighted by atomic mass is 16.5. The Morgan fingerprint density at radius 3 is 1.94 bits per heavy atom. The average Bonchev–Trinajstić information content (AvgIpc) is 2.73. The Kier molecular flexibility index (Phi) is 11.6. The number of hydrogen-bond acceptors (Lipinski definition) is 5. The Bertz CT molecular complexity index is 797.